The molecule has 1 fully saturated rings. The van der Waals surface area contributed by atoms with Gasteiger partial charge in [0.25, 0.3) is 0 Å². The molecule has 1 aliphatic rings. The van der Waals surface area contributed by atoms with Crippen molar-refractivity contribution in [1.82, 2.24) is 15.2 Å². The fourth-order valence-electron chi connectivity index (χ4n) is 3.14. The van der Waals surface area contributed by atoms with Crippen molar-refractivity contribution < 1.29 is 9.53 Å². The molecule has 0 bridgehead atoms. The Kier molecular flexibility index (Phi) is 6.47. The Morgan fingerprint density at radius 1 is 1.19 bits per heavy atom. The molecule has 1 aromatic carbocycles. The Hall–Kier alpha value is -2.56. The lowest BCUT2D eigenvalue weighted by Gasteiger charge is -2.32. The first-order chi connectivity index (χ1) is 12.7. The average Bonchev–Trinajstić information content (AvgIpc) is 2.68. The number of aromatic nitrogens is 1. The van der Waals surface area contributed by atoms with Gasteiger partial charge in [0.15, 0.2) is 0 Å². The highest BCUT2D eigenvalue weighted by atomic mass is 16.5. The summed E-state index contributed by atoms with van der Waals surface area (Å²) in [6.07, 6.45) is 5.57. The largest absolute Gasteiger partial charge is 0.489 e. The van der Waals surface area contributed by atoms with E-state index in [0.717, 1.165) is 50.2 Å². The van der Waals surface area contributed by atoms with Gasteiger partial charge in [-0.2, -0.15) is 0 Å². The zero-order valence-corrected chi connectivity index (χ0v) is 15.4. The standard InChI is InChI=1S/C21H27N3O2/c1-17-9-10-20(16-23-17)26-19-11-14-24(15-12-19)21(25)22-13-5-8-18-6-3-2-4-7-18/h2-4,6-7,9-10,16,19H,5,8,11-15H2,1H3,(H,22,25). The van der Waals surface area contributed by atoms with E-state index in [1.807, 2.05) is 42.2 Å². The van der Waals surface area contributed by atoms with Crippen LogP contribution in [-0.4, -0.2) is 41.7 Å². The van der Waals surface area contributed by atoms with Crippen LogP contribution in [0, 0.1) is 6.92 Å². The minimum atomic E-state index is 0.0357. The summed E-state index contributed by atoms with van der Waals surface area (Å²) in [5.41, 5.74) is 2.29. The topological polar surface area (TPSA) is 54.5 Å². The summed E-state index contributed by atoms with van der Waals surface area (Å²) in [5, 5.41) is 3.03. The molecule has 1 N–H and O–H groups in total. The van der Waals surface area contributed by atoms with Gasteiger partial charge in [-0.3, -0.25) is 4.98 Å². The summed E-state index contributed by atoms with van der Waals surface area (Å²) < 4.78 is 5.97. The van der Waals surface area contributed by atoms with E-state index in [9.17, 15) is 4.79 Å². The molecule has 0 atom stereocenters. The van der Waals surface area contributed by atoms with Gasteiger partial charge in [0, 0.05) is 38.2 Å². The van der Waals surface area contributed by atoms with Crippen molar-refractivity contribution in [3.63, 3.8) is 0 Å². The van der Waals surface area contributed by atoms with E-state index < -0.39 is 0 Å². The van der Waals surface area contributed by atoms with Gasteiger partial charge in [0.1, 0.15) is 11.9 Å². The van der Waals surface area contributed by atoms with Crippen molar-refractivity contribution >= 4 is 6.03 Å². The number of nitrogens with zero attached hydrogens (tertiary/aromatic N) is 2. The molecule has 1 aromatic heterocycles. The Bertz CT molecular complexity index is 680. The van der Waals surface area contributed by atoms with Crippen LogP contribution in [0.1, 0.15) is 30.5 Å². The molecule has 0 radical (unpaired) electrons. The first-order valence-corrected chi connectivity index (χ1v) is 9.37. The van der Waals surface area contributed by atoms with Crippen LogP contribution in [-0.2, 0) is 6.42 Å². The van der Waals surface area contributed by atoms with Gasteiger partial charge in [-0.25, -0.2) is 4.79 Å². The van der Waals surface area contributed by atoms with Crippen molar-refractivity contribution in [3.05, 3.63) is 59.9 Å². The summed E-state index contributed by atoms with van der Waals surface area (Å²) >= 11 is 0. The van der Waals surface area contributed by atoms with Gasteiger partial charge in [-0.05, 0) is 37.5 Å². The lowest BCUT2D eigenvalue weighted by molar-refractivity contribution is 0.111. The minimum Gasteiger partial charge on any atom is -0.489 e. The maximum absolute atomic E-state index is 12.3. The van der Waals surface area contributed by atoms with Crippen LogP contribution in [0.3, 0.4) is 0 Å². The second-order valence-corrected chi connectivity index (χ2v) is 6.76. The zero-order chi connectivity index (χ0) is 18.2. The Balaban J connectivity index is 1.33. The first-order valence-electron chi connectivity index (χ1n) is 9.37. The van der Waals surface area contributed by atoms with Crippen LogP contribution >= 0.6 is 0 Å². The van der Waals surface area contributed by atoms with E-state index in [1.165, 1.54) is 5.56 Å². The molecule has 5 nitrogen and oxygen atoms in total. The highest BCUT2D eigenvalue weighted by molar-refractivity contribution is 5.74. The van der Waals surface area contributed by atoms with Crippen LogP contribution in [0.5, 0.6) is 5.75 Å². The van der Waals surface area contributed by atoms with E-state index in [1.54, 1.807) is 6.20 Å². The fraction of sp³-hybridized carbons (Fsp3) is 0.429. The second-order valence-electron chi connectivity index (χ2n) is 6.76. The smallest absolute Gasteiger partial charge is 0.317 e. The normalized spacial score (nSPS) is 14.9. The third-order valence-electron chi connectivity index (χ3n) is 4.68. The average molecular weight is 353 g/mol. The number of pyridine rings is 1. The molecule has 5 heteroatoms. The molecule has 0 aliphatic carbocycles. The van der Waals surface area contributed by atoms with E-state index in [-0.39, 0.29) is 12.1 Å². The van der Waals surface area contributed by atoms with Crippen molar-refractivity contribution in [3.8, 4) is 5.75 Å². The van der Waals surface area contributed by atoms with Crippen LogP contribution in [0.25, 0.3) is 0 Å². The molecule has 1 aliphatic heterocycles. The zero-order valence-electron chi connectivity index (χ0n) is 15.4. The number of piperidine rings is 1. The van der Waals surface area contributed by atoms with Crippen molar-refractivity contribution in [2.75, 3.05) is 19.6 Å². The number of carbonyl (C=O) groups excluding carboxylic acids is 1. The lowest BCUT2D eigenvalue weighted by Crippen LogP contribution is -2.46. The van der Waals surface area contributed by atoms with Gasteiger partial charge in [-0.1, -0.05) is 30.3 Å². The van der Waals surface area contributed by atoms with E-state index in [0.29, 0.717) is 6.54 Å². The van der Waals surface area contributed by atoms with Gasteiger partial charge < -0.3 is 15.0 Å². The predicted octanol–water partition coefficient (Wildman–Crippen LogP) is 3.58. The lowest BCUT2D eigenvalue weighted by atomic mass is 10.1. The SMILES string of the molecule is Cc1ccc(OC2CCN(C(=O)NCCCc3ccccc3)CC2)cn1. The molecule has 138 valence electrons. The number of aryl methyl sites for hydroxylation is 2. The number of ether oxygens (including phenoxy) is 1. The summed E-state index contributed by atoms with van der Waals surface area (Å²) in [6.45, 7) is 4.13. The van der Waals surface area contributed by atoms with Crippen LogP contribution in [0.15, 0.2) is 48.7 Å². The Morgan fingerprint density at radius 3 is 2.65 bits per heavy atom. The van der Waals surface area contributed by atoms with Gasteiger partial charge in [-0.15, -0.1) is 0 Å². The summed E-state index contributed by atoms with van der Waals surface area (Å²) in [5.74, 6) is 0.805. The van der Waals surface area contributed by atoms with Crippen LogP contribution in [0.4, 0.5) is 4.79 Å². The molecule has 2 heterocycles. The summed E-state index contributed by atoms with van der Waals surface area (Å²) in [7, 11) is 0. The number of nitrogens with one attached hydrogen (secondary N) is 1. The van der Waals surface area contributed by atoms with Crippen LogP contribution in [0.2, 0.25) is 0 Å². The molecule has 2 amide bonds. The summed E-state index contributed by atoms with van der Waals surface area (Å²) in [4.78, 5) is 18.4. The first kappa shape index (κ1) is 18.2. The third-order valence-corrected chi connectivity index (χ3v) is 4.68. The number of hydrogen-bond donors (Lipinski definition) is 1. The third kappa shape index (κ3) is 5.48. The molecule has 0 spiro atoms. The molecular formula is C21H27N3O2. The Morgan fingerprint density at radius 2 is 1.96 bits per heavy atom. The number of amides is 2. The molecule has 26 heavy (non-hydrogen) atoms. The highest BCUT2D eigenvalue weighted by Crippen LogP contribution is 2.18. The maximum Gasteiger partial charge on any atom is 0.317 e. The van der Waals surface area contributed by atoms with E-state index in [2.05, 4.69) is 22.4 Å². The number of benzene rings is 1. The van der Waals surface area contributed by atoms with Gasteiger partial charge in [0.05, 0.1) is 6.20 Å². The molecule has 1 saturated heterocycles. The minimum absolute atomic E-state index is 0.0357. The predicted molar refractivity (Wildman–Crippen MR) is 102 cm³/mol. The number of carbonyl (C=O) groups is 1. The van der Waals surface area contributed by atoms with Crippen molar-refractivity contribution in [2.45, 2.75) is 38.7 Å². The molecule has 0 saturated carbocycles. The molecular weight excluding hydrogens is 326 g/mol. The Labute approximate surface area is 155 Å². The molecule has 2 aromatic rings. The van der Waals surface area contributed by atoms with Crippen molar-refractivity contribution in [2.24, 2.45) is 0 Å². The van der Waals surface area contributed by atoms with Gasteiger partial charge >= 0.3 is 6.03 Å². The van der Waals surface area contributed by atoms with Crippen molar-refractivity contribution in [1.29, 1.82) is 0 Å². The van der Waals surface area contributed by atoms with E-state index in [4.69, 9.17) is 4.74 Å². The number of likely N-dealkylation sites (tertiary alicyclic amines) is 1. The molecule has 0 unspecified atom stereocenters. The fourth-order valence-corrected chi connectivity index (χ4v) is 3.14. The monoisotopic (exact) mass is 353 g/mol. The summed E-state index contributed by atoms with van der Waals surface area (Å²) in [6, 6.07) is 14.3. The van der Waals surface area contributed by atoms with Crippen LogP contribution < -0.4 is 10.1 Å². The molecule has 3 rings (SSSR count). The quantitative estimate of drug-likeness (QED) is 0.808. The number of urea groups is 1. The highest BCUT2D eigenvalue weighted by Gasteiger charge is 2.23. The maximum atomic E-state index is 12.3. The van der Waals surface area contributed by atoms with Gasteiger partial charge in [0.2, 0.25) is 0 Å². The van der Waals surface area contributed by atoms with E-state index >= 15 is 0 Å². The number of hydrogen-bond acceptors (Lipinski definition) is 3. The number of rotatable bonds is 6. The second kappa shape index (κ2) is 9.22.